The number of benzene rings is 2. The van der Waals surface area contributed by atoms with Gasteiger partial charge >= 0.3 is 6.18 Å². The van der Waals surface area contributed by atoms with Crippen molar-refractivity contribution in [1.82, 2.24) is 4.98 Å². The quantitative estimate of drug-likeness (QED) is 0.569. The fourth-order valence-electron chi connectivity index (χ4n) is 3.53. The Hall–Kier alpha value is -3.07. The van der Waals surface area contributed by atoms with Crippen LogP contribution in [0.5, 0.6) is 5.75 Å². The number of methoxy groups -OCH3 is 1. The van der Waals surface area contributed by atoms with Crippen LogP contribution in [0.4, 0.5) is 18.9 Å². The number of nitrogens with zero attached hydrogens (tertiary/aromatic N) is 2. The summed E-state index contributed by atoms with van der Waals surface area (Å²) in [5, 5.41) is 0. The highest BCUT2D eigenvalue weighted by molar-refractivity contribution is 7.92. The molecule has 0 aliphatic carbocycles. The van der Waals surface area contributed by atoms with Crippen LogP contribution in [-0.2, 0) is 22.6 Å². The van der Waals surface area contributed by atoms with E-state index in [0.717, 1.165) is 35.6 Å². The lowest BCUT2D eigenvalue weighted by Crippen LogP contribution is -2.36. The molecule has 162 valence electrons. The second-order valence-electron chi connectivity index (χ2n) is 7.09. The molecule has 1 aromatic heterocycles. The van der Waals surface area contributed by atoms with Crippen LogP contribution >= 0.6 is 0 Å². The number of alkyl halides is 3. The summed E-state index contributed by atoms with van der Waals surface area (Å²) >= 11 is 0. The predicted molar refractivity (Wildman–Crippen MR) is 111 cm³/mol. The van der Waals surface area contributed by atoms with Crippen molar-refractivity contribution in [1.29, 1.82) is 0 Å². The van der Waals surface area contributed by atoms with Crippen LogP contribution in [0.2, 0.25) is 0 Å². The van der Waals surface area contributed by atoms with Crippen LogP contribution in [0.25, 0.3) is 11.3 Å². The summed E-state index contributed by atoms with van der Waals surface area (Å²) in [5.41, 5.74) is 1.76. The van der Waals surface area contributed by atoms with Gasteiger partial charge in [-0.3, -0.25) is 9.29 Å². The fraction of sp³-hybridized carbons (Fsp3) is 0.227. The Morgan fingerprint density at radius 1 is 0.968 bits per heavy atom. The second kappa shape index (κ2) is 7.88. The number of aryl methyl sites for hydroxylation is 1. The van der Waals surface area contributed by atoms with Gasteiger partial charge in [0, 0.05) is 12.1 Å². The van der Waals surface area contributed by atoms with Gasteiger partial charge in [-0.15, -0.1) is 0 Å². The van der Waals surface area contributed by atoms with Crippen LogP contribution in [0.15, 0.2) is 65.6 Å². The number of rotatable bonds is 4. The lowest BCUT2D eigenvalue weighted by atomic mass is 10.1. The second-order valence-corrected chi connectivity index (χ2v) is 8.96. The van der Waals surface area contributed by atoms with Crippen molar-refractivity contribution in [2.45, 2.75) is 23.9 Å². The van der Waals surface area contributed by atoms with E-state index in [1.54, 1.807) is 19.2 Å². The minimum absolute atomic E-state index is 0.187. The Labute approximate surface area is 178 Å². The first-order chi connectivity index (χ1) is 14.7. The number of aromatic nitrogens is 1. The number of hydrogen-bond donors (Lipinski definition) is 0. The summed E-state index contributed by atoms with van der Waals surface area (Å²) in [7, 11) is -2.43. The van der Waals surface area contributed by atoms with Crippen LogP contribution in [-0.4, -0.2) is 27.1 Å². The molecule has 0 amide bonds. The zero-order valence-corrected chi connectivity index (χ0v) is 17.4. The summed E-state index contributed by atoms with van der Waals surface area (Å²) in [5.74, 6) is 0.718. The smallest absolute Gasteiger partial charge is 0.416 e. The molecule has 0 saturated carbocycles. The highest BCUT2D eigenvalue weighted by Crippen LogP contribution is 2.34. The minimum atomic E-state index is -4.53. The van der Waals surface area contributed by atoms with Gasteiger partial charge < -0.3 is 4.74 Å². The third-order valence-corrected chi connectivity index (χ3v) is 6.98. The van der Waals surface area contributed by atoms with Crippen molar-refractivity contribution in [3.05, 3.63) is 71.9 Å². The highest BCUT2D eigenvalue weighted by atomic mass is 32.2. The fourth-order valence-corrected chi connectivity index (χ4v) is 5.06. The molecule has 9 heteroatoms. The van der Waals surface area contributed by atoms with Crippen LogP contribution in [0, 0.1) is 0 Å². The van der Waals surface area contributed by atoms with Crippen molar-refractivity contribution in [2.24, 2.45) is 0 Å². The molecular weight excluding hydrogens is 429 g/mol. The number of ether oxygens (including phenoxy) is 1. The maximum Gasteiger partial charge on any atom is 0.416 e. The minimum Gasteiger partial charge on any atom is -0.497 e. The summed E-state index contributed by atoms with van der Waals surface area (Å²) in [4.78, 5) is 4.46. The SMILES string of the molecule is COc1ccc(-c2ccc3c(n2)CCCN3S(=O)(=O)c2ccc(C(F)(F)F)cc2)cc1. The molecule has 0 radical (unpaired) electrons. The number of halogens is 3. The van der Waals surface area contributed by atoms with Crippen molar-refractivity contribution in [2.75, 3.05) is 18.0 Å². The van der Waals surface area contributed by atoms with E-state index in [-0.39, 0.29) is 11.4 Å². The van der Waals surface area contributed by atoms with Gasteiger partial charge in [-0.1, -0.05) is 0 Å². The number of anilines is 1. The number of sulfonamides is 1. The third-order valence-electron chi connectivity index (χ3n) is 5.15. The summed E-state index contributed by atoms with van der Waals surface area (Å²) in [6.45, 7) is 0.236. The third kappa shape index (κ3) is 4.10. The topological polar surface area (TPSA) is 59.5 Å². The van der Waals surface area contributed by atoms with Crippen LogP contribution < -0.4 is 9.04 Å². The molecule has 0 fully saturated rings. The summed E-state index contributed by atoms with van der Waals surface area (Å²) < 4.78 is 71.1. The molecule has 0 saturated heterocycles. The molecule has 0 atom stereocenters. The van der Waals surface area contributed by atoms with Crippen molar-refractivity contribution < 1.29 is 26.3 Å². The molecule has 31 heavy (non-hydrogen) atoms. The Kier molecular flexibility index (Phi) is 5.38. The number of hydrogen-bond acceptors (Lipinski definition) is 4. The number of pyridine rings is 1. The highest BCUT2D eigenvalue weighted by Gasteiger charge is 2.33. The van der Waals surface area contributed by atoms with E-state index in [0.29, 0.717) is 29.9 Å². The van der Waals surface area contributed by atoms with Gasteiger partial charge in [-0.2, -0.15) is 13.2 Å². The van der Waals surface area contributed by atoms with E-state index >= 15 is 0 Å². The molecule has 4 rings (SSSR count). The molecule has 1 aliphatic rings. The zero-order chi connectivity index (χ0) is 22.2. The molecule has 5 nitrogen and oxygen atoms in total. The lowest BCUT2D eigenvalue weighted by molar-refractivity contribution is -0.137. The van der Waals surface area contributed by atoms with Gasteiger partial charge in [-0.25, -0.2) is 8.42 Å². The van der Waals surface area contributed by atoms with E-state index in [2.05, 4.69) is 4.98 Å². The van der Waals surface area contributed by atoms with Gasteiger partial charge in [0.25, 0.3) is 10.0 Å². The van der Waals surface area contributed by atoms with Crippen LogP contribution in [0.3, 0.4) is 0 Å². The molecule has 2 heterocycles. The number of fused-ring (bicyclic) bond motifs is 1. The molecule has 0 unspecified atom stereocenters. The average Bonchev–Trinajstić information content (AvgIpc) is 2.78. The average molecular weight is 448 g/mol. The van der Waals surface area contributed by atoms with Gasteiger partial charge in [0.15, 0.2) is 0 Å². The maximum atomic E-state index is 13.1. The molecule has 0 bridgehead atoms. The normalized spacial score (nSPS) is 14.3. The Morgan fingerprint density at radius 3 is 2.26 bits per heavy atom. The summed E-state index contributed by atoms with van der Waals surface area (Å²) in [6, 6.07) is 14.3. The van der Waals surface area contributed by atoms with Gasteiger partial charge in [-0.05, 0) is 73.5 Å². The van der Waals surface area contributed by atoms with Crippen molar-refractivity contribution >= 4 is 15.7 Å². The standard InChI is InChI=1S/C22H19F3N2O3S/c1-30-17-8-4-15(5-9-17)19-12-13-21-20(26-19)3-2-14-27(21)31(28,29)18-10-6-16(7-11-18)22(23,24)25/h4-13H,2-3,14H2,1H3. The van der Waals surface area contributed by atoms with E-state index in [9.17, 15) is 21.6 Å². The van der Waals surface area contributed by atoms with Crippen molar-refractivity contribution in [3.63, 3.8) is 0 Å². The monoisotopic (exact) mass is 448 g/mol. The molecule has 3 aromatic rings. The first kappa shape index (κ1) is 21.2. The Balaban J connectivity index is 1.67. The van der Waals surface area contributed by atoms with E-state index in [4.69, 9.17) is 4.74 Å². The first-order valence-corrected chi connectivity index (χ1v) is 11.0. The van der Waals surface area contributed by atoms with Crippen molar-refractivity contribution in [3.8, 4) is 17.0 Å². The van der Waals surface area contributed by atoms with Gasteiger partial charge in [0.05, 0.1) is 34.6 Å². The van der Waals surface area contributed by atoms with Crippen LogP contribution in [0.1, 0.15) is 17.7 Å². The Morgan fingerprint density at radius 2 is 1.65 bits per heavy atom. The summed E-state index contributed by atoms with van der Waals surface area (Å²) in [6.07, 6.45) is -3.36. The van der Waals surface area contributed by atoms with E-state index < -0.39 is 21.8 Å². The zero-order valence-electron chi connectivity index (χ0n) is 16.6. The molecule has 0 spiro atoms. The Bertz CT molecular complexity index is 1190. The first-order valence-electron chi connectivity index (χ1n) is 9.54. The van der Waals surface area contributed by atoms with E-state index in [1.165, 1.54) is 4.31 Å². The van der Waals surface area contributed by atoms with Gasteiger partial charge in [0.2, 0.25) is 0 Å². The lowest BCUT2D eigenvalue weighted by Gasteiger charge is -2.30. The molecule has 1 aliphatic heterocycles. The largest absolute Gasteiger partial charge is 0.497 e. The van der Waals surface area contributed by atoms with E-state index in [1.807, 2.05) is 24.3 Å². The van der Waals surface area contributed by atoms with Gasteiger partial charge in [0.1, 0.15) is 5.75 Å². The molecular formula is C22H19F3N2O3S. The molecule has 2 aromatic carbocycles. The molecule has 0 N–H and O–H groups in total. The maximum absolute atomic E-state index is 13.1. The predicted octanol–water partition coefficient (Wildman–Crippen LogP) is 4.92.